The van der Waals surface area contributed by atoms with E-state index >= 15 is 0 Å². The Morgan fingerprint density at radius 3 is 2.32 bits per heavy atom. The Labute approximate surface area is 133 Å². The molecule has 126 valence electrons. The summed E-state index contributed by atoms with van der Waals surface area (Å²) < 4.78 is 0. The van der Waals surface area contributed by atoms with Crippen LogP contribution in [0.1, 0.15) is 32.6 Å². The van der Waals surface area contributed by atoms with E-state index in [9.17, 15) is 19.2 Å². The van der Waals surface area contributed by atoms with Crippen LogP contribution >= 0.6 is 11.8 Å². The van der Waals surface area contributed by atoms with Crippen molar-refractivity contribution in [2.75, 3.05) is 12.3 Å². The number of carboxylic acids is 1. The minimum absolute atomic E-state index is 0.0696. The molecule has 0 aliphatic carbocycles. The van der Waals surface area contributed by atoms with Crippen molar-refractivity contribution in [3.05, 3.63) is 0 Å². The summed E-state index contributed by atoms with van der Waals surface area (Å²) in [5.74, 6) is -2.56. The van der Waals surface area contributed by atoms with E-state index in [4.69, 9.17) is 16.6 Å². The molecular formula is C13H23N3O5S. The van der Waals surface area contributed by atoms with Crippen LogP contribution in [0.25, 0.3) is 0 Å². The van der Waals surface area contributed by atoms with Crippen LogP contribution in [0.15, 0.2) is 0 Å². The summed E-state index contributed by atoms with van der Waals surface area (Å²) in [6, 6.07) is -1.18. The molecule has 0 saturated heterocycles. The van der Waals surface area contributed by atoms with Gasteiger partial charge in [-0.05, 0) is 25.8 Å². The molecule has 2 amide bonds. The number of hydrogen-bond acceptors (Lipinski definition) is 6. The maximum atomic E-state index is 12.2. The highest BCUT2D eigenvalue weighted by Crippen LogP contribution is 2.15. The summed E-state index contributed by atoms with van der Waals surface area (Å²) in [7, 11) is 0. The summed E-state index contributed by atoms with van der Waals surface area (Å²) in [6.45, 7) is 1.80. The summed E-state index contributed by atoms with van der Waals surface area (Å²) in [4.78, 5) is 45.0. The first-order valence-electron chi connectivity index (χ1n) is 6.92. The molecule has 22 heavy (non-hydrogen) atoms. The average molecular weight is 333 g/mol. The molecule has 8 nitrogen and oxygen atoms in total. The van der Waals surface area contributed by atoms with Crippen molar-refractivity contribution < 1.29 is 24.3 Å². The number of thioether (sulfide) groups is 1. The molecule has 0 aromatic heterocycles. The van der Waals surface area contributed by atoms with E-state index in [0.29, 0.717) is 19.4 Å². The van der Waals surface area contributed by atoms with Gasteiger partial charge < -0.3 is 21.9 Å². The van der Waals surface area contributed by atoms with Crippen LogP contribution in [0.5, 0.6) is 0 Å². The molecule has 1 unspecified atom stereocenters. The van der Waals surface area contributed by atoms with E-state index in [1.54, 1.807) is 0 Å². The zero-order valence-electron chi connectivity index (χ0n) is 12.5. The van der Waals surface area contributed by atoms with Crippen LogP contribution < -0.4 is 16.8 Å². The molecule has 9 heteroatoms. The van der Waals surface area contributed by atoms with Gasteiger partial charge in [0.25, 0.3) is 0 Å². The van der Waals surface area contributed by atoms with Crippen LogP contribution in [0.2, 0.25) is 0 Å². The molecule has 0 aliphatic heterocycles. The first-order chi connectivity index (χ1) is 10.3. The van der Waals surface area contributed by atoms with Gasteiger partial charge in [0, 0.05) is 25.0 Å². The second-order valence-electron chi connectivity index (χ2n) is 4.83. The number of primary amides is 1. The zero-order chi connectivity index (χ0) is 17.1. The molecule has 0 radical (unpaired) electrons. The van der Waals surface area contributed by atoms with Crippen molar-refractivity contribution in [1.82, 2.24) is 5.32 Å². The van der Waals surface area contributed by atoms with Gasteiger partial charge in [-0.1, -0.05) is 11.8 Å². The molecule has 0 aliphatic rings. The van der Waals surface area contributed by atoms with E-state index < -0.39 is 29.7 Å². The fourth-order valence-corrected chi connectivity index (χ4v) is 2.46. The van der Waals surface area contributed by atoms with E-state index in [0.717, 1.165) is 11.8 Å². The molecule has 2 atom stereocenters. The lowest BCUT2D eigenvalue weighted by Crippen LogP contribution is -2.44. The number of rotatable bonds is 11. The maximum Gasteiger partial charge on any atom is 0.326 e. The molecule has 0 saturated carbocycles. The lowest BCUT2D eigenvalue weighted by Gasteiger charge is -2.19. The predicted molar refractivity (Wildman–Crippen MR) is 82.9 cm³/mol. The summed E-state index contributed by atoms with van der Waals surface area (Å²) in [5, 5.41) is 11.3. The van der Waals surface area contributed by atoms with Gasteiger partial charge in [-0.15, -0.1) is 0 Å². The van der Waals surface area contributed by atoms with Crippen molar-refractivity contribution in [1.29, 1.82) is 0 Å². The minimum Gasteiger partial charge on any atom is -0.480 e. The van der Waals surface area contributed by atoms with Crippen LogP contribution in [-0.4, -0.2) is 46.3 Å². The average Bonchev–Trinajstić information content (AvgIpc) is 2.42. The number of carboxylic acid groups (broad SMARTS) is 1. The van der Waals surface area contributed by atoms with E-state index in [1.165, 1.54) is 6.92 Å². The monoisotopic (exact) mass is 333 g/mol. The van der Waals surface area contributed by atoms with Crippen molar-refractivity contribution >= 4 is 34.7 Å². The molecule has 0 aromatic carbocycles. The van der Waals surface area contributed by atoms with E-state index in [-0.39, 0.29) is 23.7 Å². The second-order valence-corrected chi connectivity index (χ2v) is 6.03. The van der Waals surface area contributed by atoms with Crippen molar-refractivity contribution in [3.8, 4) is 0 Å². The van der Waals surface area contributed by atoms with Gasteiger partial charge >= 0.3 is 5.97 Å². The summed E-state index contributed by atoms with van der Waals surface area (Å²) in [6.07, 6.45) is 0.854. The summed E-state index contributed by atoms with van der Waals surface area (Å²) >= 11 is 1.01. The standard InChI is InChI=1S/C13H23N3O5S/c1-8(17)22-7-9(3-2-6-14)12(19)16-10(13(20)21)4-5-11(15)18/h9-10H,2-7,14H2,1H3,(H2,15,18)(H,16,19)(H,20,21)/t9?,10-/m0/s1. The Hall–Kier alpha value is -1.61. The molecule has 0 bridgehead atoms. The molecule has 0 aromatic rings. The van der Waals surface area contributed by atoms with Gasteiger partial charge in [0.05, 0.1) is 0 Å². The lowest BCUT2D eigenvalue weighted by molar-refractivity contribution is -0.142. The van der Waals surface area contributed by atoms with Gasteiger partial charge in [-0.25, -0.2) is 4.79 Å². The molecule has 0 fully saturated rings. The van der Waals surface area contributed by atoms with Crippen LogP contribution in [0.3, 0.4) is 0 Å². The van der Waals surface area contributed by atoms with Crippen molar-refractivity contribution in [2.24, 2.45) is 17.4 Å². The number of aliphatic carboxylic acids is 1. The Balaban J connectivity index is 4.67. The third kappa shape index (κ3) is 9.35. The zero-order valence-corrected chi connectivity index (χ0v) is 13.4. The third-order valence-corrected chi connectivity index (χ3v) is 3.88. The van der Waals surface area contributed by atoms with Gasteiger partial charge in [0.2, 0.25) is 11.8 Å². The largest absolute Gasteiger partial charge is 0.480 e. The van der Waals surface area contributed by atoms with Crippen LogP contribution in [-0.2, 0) is 19.2 Å². The lowest BCUT2D eigenvalue weighted by atomic mass is 10.0. The SMILES string of the molecule is CC(=O)SCC(CCCN)C(=O)N[C@@H](CCC(N)=O)C(=O)O. The number of nitrogens with two attached hydrogens (primary N) is 2. The molecule has 0 heterocycles. The van der Waals surface area contributed by atoms with Crippen LogP contribution in [0, 0.1) is 5.92 Å². The smallest absolute Gasteiger partial charge is 0.326 e. The normalized spacial score (nSPS) is 13.2. The molecule has 0 spiro atoms. The topological polar surface area (TPSA) is 153 Å². The first kappa shape index (κ1) is 20.4. The second kappa shape index (κ2) is 11.0. The number of hydrogen-bond donors (Lipinski definition) is 4. The summed E-state index contributed by atoms with van der Waals surface area (Å²) in [5.41, 5.74) is 10.4. The molecule has 6 N–H and O–H groups in total. The highest BCUT2D eigenvalue weighted by Gasteiger charge is 2.25. The number of carbonyl (C=O) groups is 4. The van der Waals surface area contributed by atoms with Gasteiger partial charge in [0.15, 0.2) is 5.12 Å². The van der Waals surface area contributed by atoms with Crippen molar-refractivity contribution in [3.63, 3.8) is 0 Å². The number of nitrogens with one attached hydrogen (secondary N) is 1. The number of amides is 2. The Morgan fingerprint density at radius 2 is 1.86 bits per heavy atom. The Bertz CT molecular complexity index is 416. The quantitative estimate of drug-likeness (QED) is 0.396. The maximum absolute atomic E-state index is 12.2. The van der Waals surface area contributed by atoms with E-state index in [1.807, 2.05) is 0 Å². The molecular weight excluding hydrogens is 310 g/mol. The fourth-order valence-electron chi connectivity index (χ4n) is 1.71. The Kier molecular flexibility index (Phi) is 10.2. The Morgan fingerprint density at radius 1 is 1.23 bits per heavy atom. The third-order valence-electron chi connectivity index (χ3n) is 2.91. The minimum atomic E-state index is -1.23. The first-order valence-corrected chi connectivity index (χ1v) is 7.91. The fraction of sp³-hybridized carbons (Fsp3) is 0.692. The van der Waals surface area contributed by atoms with Gasteiger partial charge in [-0.3, -0.25) is 14.4 Å². The highest BCUT2D eigenvalue weighted by molar-refractivity contribution is 8.13. The number of carbonyl (C=O) groups excluding carboxylic acids is 3. The van der Waals surface area contributed by atoms with Gasteiger partial charge in [-0.2, -0.15) is 0 Å². The van der Waals surface area contributed by atoms with E-state index in [2.05, 4.69) is 5.32 Å². The molecule has 0 rings (SSSR count). The van der Waals surface area contributed by atoms with Crippen LogP contribution in [0.4, 0.5) is 0 Å². The predicted octanol–water partition coefficient (Wildman–Crippen LogP) is -0.544. The highest BCUT2D eigenvalue weighted by atomic mass is 32.2. The van der Waals surface area contributed by atoms with Gasteiger partial charge in [0.1, 0.15) is 6.04 Å². The van der Waals surface area contributed by atoms with Crippen molar-refractivity contribution in [2.45, 2.75) is 38.6 Å².